The maximum Gasteiger partial charge on any atom is 0.224 e. The minimum absolute atomic E-state index is 0.173. The Kier molecular flexibility index (Phi) is 3.78. The van der Waals surface area contributed by atoms with Gasteiger partial charge in [-0.05, 0) is 48.6 Å². The highest BCUT2D eigenvalue weighted by molar-refractivity contribution is 5.84. The Morgan fingerprint density at radius 1 is 1.33 bits per heavy atom. The van der Waals surface area contributed by atoms with Gasteiger partial charge in [-0.1, -0.05) is 38.1 Å². The molecule has 1 aromatic rings. The van der Waals surface area contributed by atoms with Crippen molar-refractivity contribution in [1.82, 2.24) is 5.32 Å². The monoisotopic (exact) mass is 286 g/mol. The van der Waals surface area contributed by atoms with Crippen LogP contribution in [0.2, 0.25) is 0 Å². The molecule has 114 valence electrons. The van der Waals surface area contributed by atoms with Crippen LogP contribution in [0.4, 0.5) is 0 Å². The third kappa shape index (κ3) is 2.59. The molecule has 1 amide bonds. The van der Waals surface area contributed by atoms with Crippen molar-refractivity contribution in [3.63, 3.8) is 0 Å². The van der Waals surface area contributed by atoms with E-state index in [1.807, 2.05) is 0 Å². The van der Waals surface area contributed by atoms with E-state index in [1.54, 1.807) is 0 Å². The summed E-state index contributed by atoms with van der Waals surface area (Å²) < 4.78 is 0. The Morgan fingerprint density at radius 3 is 2.76 bits per heavy atom. The zero-order valence-corrected chi connectivity index (χ0v) is 13.1. The van der Waals surface area contributed by atoms with E-state index < -0.39 is 0 Å². The molecule has 21 heavy (non-hydrogen) atoms. The number of rotatable bonds is 5. The first-order chi connectivity index (χ1) is 10.1. The van der Waals surface area contributed by atoms with E-state index in [2.05, 4.69) is 43.4 Å². The molecule has 0 spiro atoms. The van der Waals surface area contributed by atoms with Gasteiger partial charge in [0.15, 0.2) is 0 Å². The van der Waals surface area contributed by atoms with E-state index in [-0.39, 0.29) is 17.4 Å². The van der Waals surface area contributed by atoms with Crippen molar-refractivity contribution in [2.75, 3.05) is 6.54 Å². The van der Waals surface area contributed by atoms with Gasteiger partial charge in [0.1, 0.15) is 0 Å². The number of hydrogen-bond donors (Lipinski definition) is 2. The van der Waals surface area contributed by atoms with Crippen LogP contribution < -0.4 is 11.1 Å². The van der Waals surface area contributed by atoms with Gasteiger partial charge in [-0.15, -0.1) is 0 Å². The normalized spacial score (nSPS) is 26.7. The lowest BCUT2D eigenvalue weighted by Gasteiger charge is -2.26. The maximum atomic E-state index is 12.5. The minimum Gasteiger partial charge on any atom is -0.354 e. The summed E-state index contributed by atoms with van der Waals surface area (Å²) in [6.45, 7) is 4.77. The first-order valence-electron chi connectivity index (χ1n) is 8.24. The molecule has 2 aliphatic rings. The molecule has 0 radical (unpaired) electrons. The van der Waals surface area contributed by atoms with Crippen molar-refractivity contribution in [2.24, 2.45) is 17.6 Å². The van der Waals surface area contributed by atoms with Crippen LogP contribution in [-0.4, -0.2) is 18.0 Å². The number of carbonyl (C=O) groups excluding carboxylic acids is 1. The summed E-state index contributed by atoms with van der Waals surface area (Å²) in [5.41, 5.74) is 8.85. The quantitative estimate of drug-likeness (QED) is 0.874. The average Bonchev–Trinajstić information content (AvgIpc) is 3.27. The molecule has 3 unspecified atom stereocenters. The van der Waals surface area contributed by atoms with Crippen molar-refractivity contribution in [3.8, 4) is 0 Å². The van der Waals surface area contributed by atoms with Crippen LogP contribution in [0, 0.1) is 11.8 Å². The van der Waals surface area contributed by atoms with Gasteiger partial charge in [0, 0.05) is 18.0 Å². The average molecular weight is 286 g/mol. The van der Waals surface area contributed by atoms with Crippen LogP contribution in [-0.2, 0) is 11.2 Å². The van der Waals surface area contributed by atoms with Gasteiger partial charge in [-0.3, -0.25) is 4.79 Å². The number of hydrogen-bond acceptors (Lipinski definition) is 2. The first-order valence-corrected chi connectivity index (χ1v) is 8.24. The Morgan fingerprint density at radius 2 is 2.05 bits per heavy atom. The molecule has 1 saturated carbocycles. The van der Waals surface area contributed by atoms with Gasteiger partial charge in [-0.2, -0.15) is 0 Å². The van der Waals surface area contributed by atoms with Gasteiger partial charge >= 0.3 is 0 Å². The Balaban J connectivity index is 1.64. The van der Waals surface area contributed by atoms with Crippen molar-refractivity contribution in [1.29, 1.82) is 0 Å². The Hall–Kier alpha value is -1.35. The topological polar surface area (TPSA) is 55.1 Å². The molecule has 3 atom stereocenters. The molecule has 1 fully saturated rings. The van der Waals surface area contributed by atoms with Crippen molar-refractivity contribution in [3.05, 3.63) is 35.4 Å². The van der Waals surface area contributed by atoms with Crippen LogP contribution in [0.15, 0.2) is 24.3 Å². The molecule has 3 nitrogen and oxygen atoms in total. The zero-order valence-electron chi connectivity index (χ0n) is 13.1. The third-order valence-electron chi connectivity index (χ3n) is 5.66. The van der Waals surface area contributed by atoms with E-state index in [1.165, 1.54) is 11.1 Å². The van der Waals surface area contributed by atoms with Crippen molar-refractivity contribution >= 4 is 5.91 Å². The second-order valence-electron chi connectivity index (χ2n) is 6.74. The number of carbonyl (C=O) groups is 1. The number of benzene rings is 1. The lowest BCUT2D eigenvalue weighted by Crippen LogP contribution is -2.49. The molecule has 0 aromatic heterocycles. The second kappa shape index (κ2) is 5.45. The molecule has 0 aliphatic heterocycles. The van der Waals surface area contributed by atoms with Crippen LogP contribution in [0.25, 0.3) is 0 Å². The highest BCUT2D eigenvalue weighted by atomic mass is 16.2. The highest BCUT2D eigenvalue weighted by Crippen LogP contribution is 2.59. The van der Waals surface area contributed by atoms with Crippen molar-refractivity contribution in [2.45, 2.75) is 51.0 Å². The van der Waals surface area contributed by atoms with Gasteiger partial charge in [0.2, 0.25) is 5.91 Å². The van der Waals surface area contributed by atoms with Crippen LogP contribution in [0.5, 0.6) is 0 Å². The van der Waals surface area contributed by atoms with Gasteiger partial charge in [-0.25, -0.2) is 0 Å². The number of nitrogens with two attached hydrogens (primary N) is 1. The fourth-order valence-electron chi connectivity index (χ4n) is 3.80. The first kappa shape index (κ1) is 14.6. The Bertz CT molecular complexity index is 536. The lowest BCUT2D eigenvalue weighted by molar-refractivity contribution is -0.123. The van der Waals surface area contributed by atoms with Gasteiger partial charge in [0.05, 0.1) is 0 Å². The smallest absolute Gasteiger partial charge is 0.224 e. The zero-order chi connectivity index (χ0) is 15.0. The fraction of sp³-hybridized carbons (Fsp3) is 0.611. The standard InChI is InChI=1S/C18H26N2O/c1-3-18(19,4-2)11-20-17(21)16-14-10-9-12-7-5-6-8-13(12)15(14)16/h5-8,14-16H,3-4,9-11,19H2,1-2H3,(H,20,21). The Labute approximate surface area is 127 Å². The molecule has 0 saturated heterocycles. The maximum absolute atomic E-state index is 12.5. The third-order valence-corrected chi connectivity index (χ3v) is 5.66. The van der Waals surface area contributed by atoms with Crippen LogP contribution in [0.3, 0.4) is 0 Å². The predicted octanol–water partition coefficient (Wildman–Crippen LogP) is 2.60. The summed E-state index contributed by atoms with van der Waals surface area (Å²) in [6.07, 6.45) is 4.05. The number of nitrogens with one attached hydrogen (secondary N) is 1. The van der Waals surface area contributed by atoms with E-state index in [0.717, 1.165) is 25.7 Å². The summed E-state index contributed by atoms with van der Waals surface area (Å²) in [6, 6.07) is 8.60. The van der Waals surface area contributed by atoms with E-state index in [0.29, 0.717) is 18.4 Å². The molecule has 0 bridgehead atoms. The van der Waals surface area contributed by atoms with Crippen LogP contribution >= 0.6 is 0 Å². The van der Waals surface area contributed by atoms with Gasteiger partial charge in [0.25, 0.3) is 0 Å². The van der Waals surface area contributed by atoms with Gasteiger partial charge < -0.3 is 11.1 Å². The minimum atomic E-state index is -0.256. The largest absolute Gasteiger partial charge is 0.354 e. The molecule has 3 N–H and O–H groups in total. The fourth-order valence-corrected chi connectivity index (χ4v) is 3.80. The predicted molar refractivity (Wildman–Crippen MR) is 85.0 cm³/mol. The summed E-state index contributed by atoms with van der Waals surface area (Å²) in [5, 5.41) is 3.11. The molecule has 3 rings (SSSR count). The molecule has 1 aromatic carbocycles. The van der Waals surface area contributed by atoms with E-state index in [9.17, 15) is 4.79 Å². The number of amides is 1. The SMILES string of the molecule is CCC(N)(CC)CNC(=O)C1C2CCc3ccccc3C21. The highest BCUT2D eigenvalue weighted by Gasteiger charge is 2.56. The summed E-state index contributed by atoms with van der Waals surface area (Å²) >= 11 is 0. The molecular weight excluding hydrogens is 260 g/mol. The second-order valence-corrected chi connectivity index (χ2v) is 6.74. The molecule has 3 heteroatoms. The van der Waals surface area contributed by atoms with Crippen molar-refractivity contribution < 1.29 is 4.79 Å². The summed E-state index contributed by atoms with van der Waals surface area (Å²) in [4.78, 5) is 12.5. The molecular formula is C18H26N2O. The molecule has 2 aliphatic carbocycles. The summed E-state index contributed by atoms with van der Waals surface area (Å²) in [5.74, 6) is 1.38. The number of fused-ring (bicyclic) bond motifs is 3. The van der Waals surface area contributed by atoms with Crippen LogP contribution in [0.1, 0.15) is 50.2 Å². The molecule has 0 heterocycles. The summed E-state index contributed by atoms with van der Waals surface area (Å²) in [7, 11) is 0. The van der Waals surface area contributed by atoms with E-state index >= 15 is 0 Å². The lowest BCUT2D eigenvalue weighted by atomic mass is 9.92. The number of aryl methyl sites for hydroxylation is 1. The van der Waals surface area contributed by atoms with E-state index in [4.69, 9.17) is 5.73 Å².